The van der Waals surface area contributed by atoms with Crippen LogP contribution < -0.4 is 11.1 Å². The van der Waals surface area contributed by atoms with E-state index in [0.717, 1.165) is 6.42 Å². The Morgan fingerprint density at radius 2 is 2.33 bits per heavy atom. The van der Waals surface area contributed by atoms with Crippen molar-refractivity contribution in [1.29, 1.82) is 0 Å². The summed E-state index contributed by atoms with van der Waals surface area (Å²) in [5.41, 5.74) is 5.38. The first-order chi connectivity index (χ1) is 2.84. The van der Waals surface area contributed by atoms with Crippen LogP contribution in [0.2, 0.25) is 0 Å². The van der Waals surface area contributed by atoms with Gasteiger partial charge in [-0.05, 0) is 6.42 Å². The van der Waals surface area contributed by atoms with Gasteiger partial charge >= 0.3 is 0 Å². The lowest BCUT2D eigenvalue weighted by Crippen LogP contribution is -2.11. The number of nitrogens with two attached hydrogens (primary N) is 1. The maximum absolute atomic E-state index is 5.38. The highest BCUT2D eigenvalue weighted by atomic mass is 15.0. The summed E-state index contributed by atoms with van der Waals surface area (Å²) in [4.78, 5) is 0. The van der Waals surface area contributed by atoms with Crippen molar-refractivity contribution in [2.24, 2.45) is 5.73 Å². The van der Waals surface area contributed by atoms with E-state index in [1.165, 1.54) is 0 Å². The van der Waals surface area contributed by atoms with E-state index in [1.807, 2.05) is 7.05 Å². The number of rotatable bonds is 1. The van der Waals surface area contributed by atoms with Gasteiger partial charge in [0.25, 0.3) is 0 Å². The summed E-state index contributed by atoms with van der Waals surface area (Å²) in [6.45, 7) is 0. The van der Waals surface area contributed by atoms with Crippen LogP contribution >= 0.6 is 0 Å². The van der Waals surface area contributed by atoms with Gasteiger partial charge in [0, 0.05) is 19.1 Å². The second-order valence-corrected chi connectivity index (χ2v) is 1.73. The smallest absolute Gasteiger partial charge is 0.0409 e. The predicted octanol–water partition coefficient (Wildman–Crippen LogP) is -0.680. The van der Waals surface area contributed by atoms with Gasteiger partial charge in [-0.1, -0.05) is 0 Å². The van der Waals surface area contributed by atoms with E-state index in [9.17, 15) is 0 Å². The minimum absolute atomic E-state index is 0.398. The molecule has 2 unspecified atom stereocenters. The Morgan fingerprint density at radius 1 is 1.83 bits per heavy atom. The van der Waals surface area contributed by atoms with E-state index in [2.05, 4.69) is 5.32 Å². The third-order valence-electron chi connectivity index (χ3n) is 1.14. The lowest BCUT2D eigenvalue weighted by Gasteiger charge is -1.81. The van der Waals surface area contributed by atoms with Gasteiger partial charge in [-0.25, -0.2) is 5.32 Å². The average Bonchev–Trinajstić information content (AvgIpc) is 2.19. The van der Waals surface area contributed by atoms with Crippen molar-refractivity contribution in [1.82, 2.24) is 5.32 Å². The maximum atomic E-state index is 5.38. The maximum Gasteiger partial charge on any atom is 0.0409 e. The second kappa shape index (κ2) is 1.21. The van der Waals surface area contributed by atoms with Crippen LogP contribution in [0, 0.1) is 0 Å². The SMILES string of the molecule is C[N]C1CC1N. The molecule has 2 heteroatoms. The Hall–Kier alpha value is -0.0800. The minimum Gasteiger partial charge on any atom is -0.326 e. The van der Waals surface area contributed by atoms with E-state index < -0.39 is 0 Å². The van der Waals surface area contributed by atoms with Crippen LogP contribution in [0.15, 0.2) is 0 Å². The molecule has 1 rings (SSSR count). The minimum atomic E-state index is 0.398. The summed E-state index contributed by atoms with van der Waals surface area (Å²) in [6, 6.07) is 0.903. The fourth-order valence-corrected chi connectivity index (χ4v) is 0.497. The molecule has 0 heterocycles. The van der Waals surface area contributed by atoms with Crippen LogP contribution in [0.4, 0.5) is 0 Å². The lowest BCUT2D eigenvalue weighted by atomic mass is 10.7. The standard InChI is InChI=1S/C4H9N2/c1-6-4-2-3(4)5/h3-4H,2,5H2,1H3. The Kier molecular flexibility index (Phi) is 0.821. The molecule has 1 saturated carbocycles. The fourth-order valence-electron chi connectivity index (χ4n) is 0.497. The average molecular weight is 85.1 g/mol. The molecule has 2 nitrogen and oxygen atoms in total. The summed E-state index contributed by atoms with van der Waals surface area (Å²) < 4.78 is 0. The van der Waals surface area contributed by atoms with Gasteiger partial charge in [-0.3, -0.25) is 0 Å². The van der Waals surface area contributed by atoms with Gasteiger partial charge in [-0.2, -0.15) is 0 Å². The molecule has 2 N–H and O–H groups in total. The highest BCUT2D eigenvalue weighted by Crippen LogP contribution is 2.17. The molecule has 1 aliphatic carbocycles. The van der Waals surface area contributed by atoms with Crippen LogP contribution in [-0.4, -0.2) is 19.1 Å². The highest BCUT2D eigenvalue weighted by Gasteiger charge is 2.32. The van der Waals surface area contributed by atoms with Gasteiger partial charge in [0.05, 0.1) is 0 Å². The van der Waals surface area contributed by atoms with Gasteiger partial charge in [0.1, 0.15) is 0 Å². The van der Waals surface area contributed by atoms with E-state index in [1.54, 1.807) is 0 Å². The molecule has 0 aromatic carbocycles. The number of hydrogen-bond donors (Lipinski definition) is 1. The van der Waals surface area contributed by atoms with E-state index in [4.69, 9.17) is 5.73 Å². The quantitative estimate of drug-likeness (QED) is 0.450. The molecule has 0 aromatic heterocycles. The first-order valence-corrected chi connectivity index (χ1v) is 2.19. The zero-order valence-electron chi connectivity index (χ0n) is 3.89. The Balaban J connectivity index is 2.09. The summed E-state index contributed by atoms with van der Waals surface area (Å²) in [5, 5.41) is 3.96. The van der Waals surface area contributed by atoms with Crippen molar-refractivity contribution in [3.05, 3.63) is 0 Å². The normalized spacial score (nSPS) is 43.0. The van der Waals surface area contributed by atoms with Crippen LogP contribution in [0.25, 0.3) is 0 Å². The molecule has 0 spiro atoms. The molecular formula is C4H9N2. The Bertz CT molecular complexity index is 51.5. The third kappa shape index (κ3) is 0.533. The molecule has 6 heavy (non-hydrogen) atoms. The topological polar surface area (TPSA) is 40.1 Å². The van der Waals surface area contributed by atoms with Crippen molar-refractivity contribution in [2.75, 3.05) is 7.05 Å². The van der Waals surface area contributed by atoms with Crippen LogP contribution in [0.5, 0.6) is 0 Å². The van der Waals surface area contributed by atoms with E-state index in [0.29, 0.717) is 12.1 Å². The van der Waals surface area contributed by atoms with Crippen molar-refractivity contribution in [2.45, 2.75) is 18.5 Å². The molecule has 0 saturated heterocycles. The van der Waals surface area contributed by atoms with Gasteiger partial charge < -0.3 is 5.73 Å². The highest BCUT2D eigenvalue weighted by molar-refractivity contribution is 4.95. The molecule has 0 bridgehead atoms. The fraction of sp³-hybridized carbons (Fsp3) is 1.00. The zero-order valence-corrected chi connectivity index (χ0v) is 3.89. The first kappa shape index (κ1) is 4.09. The van der Waals surface area contributed by atoms with E-state index in [-0.39, 0.29) is 0 Å². The third-order valence-corrected chi connectivity index (χ3v) is 1.14. The van der Waals surface area contributed by atoms with Crippen LogP contribution in [0.1, 0.15) is 6.42 Å². The lowest BCUT2D eigenvalue weighted by molar-refractivity contribution is 0.761. The molecule has 2 atom stereocenters. The van der Waals surface area contributed by atoms with Gasteiger partial charge in [0.15, 0.2) is 0 Å². The van der Waals surface area contributed by atoms with Crippen molar-refractivity contribution in [3.63, 3.8) is 0 Å². The second-order valence-electron chi connectivity index (χ2n) is 1.73. The van der Waals surface area contributed by atoms with Crippen LogP contribution in [-0.2, 0) is 0 Å². The summed E-state index contributed by atoms with van der Waals surface area (Å²) >= 11 is 0. The van der Waals surface area contributed by atoms with Crippen LogP contribution in [0.3, 0.4) is 0 Å². The summed E-state index contributed by atoms with van der Waals surface area (Å²) in [7, 11) is 1.82. The molecule has 1 aliphatic rings. The largest absolute Gasteiger partial charge is 0.326 e. The molecular weight excluding hydrogens is 76.1 g/mol. The molecule has 0 amide bonds. The zero-order chi connectivity index (χ0) is 4.57. The Morgan fingerprint density at radius 3 is 2.33 bits per heavy atom. The molecule has 1 fully saturated rings. The predicted molar refractivity (Wildman–Crippen MR) is 24.4 cm³/mol. The number of hydrogen-bond acceptors (Lipinski definition) is 1. The van der Waals surface area contributed by atoms with Crippen molar-refractivity contribution in [3.8, 4) is 0 Å². The molecule has 0 aliphatic heterocycles. The van der Waals surface area contributed by atoms with Crippen molar-refractivity contribution < 1.29 is 0 Å². The summed E-state index contributed by atoms with van der Waals surface area (Å²) in [6.07, 6.45) is 1.11. The number of nitrogens with zero attached hydrogens (tertiary/aromatic N) is 1. The van der Waals surface area contributed by atoms with Gasteiger partial charge in [-0.15, -0.1) is 0 Å². The first-order valence-electron chi connectivity index (χ1n) is 2.19. The molecule has 1 radical (unpaired) electrons. The summed E-state index contributed by atoms with van der Waals surface area (Å²) in [5.74, 6) is 0. The monoisotopic (exact) mass is 85.1 g/mol. The molecule has 0 aromatic rings. The van der Waals surface area contributed by atoms with Gasteiger partial charge in [0.2, 0.25) is 0 Å². The van der Waals surface area contributed by atoms with E-state index >= 15 is 0 Å². The van der Waals surface area contributed by atoms with Crippen molar-refractivity contribution >= 4 is 0 Å². The number of likely N-dealkylation sites (N-methyl/N-ethyl adjacent to an activating group) is 1. The Labute approximate surface area is 37.7 Å². The molecule has 35 valence electrons.